The van der Waals surface area contributed by atoms with Crippen LogP contribution in [0.15, 0.2) is 36.4 Å². The second-order valence-electron chi connectivity index (χ2n) is 9.12. The van der Waals surface area contributed by atoms with Gasteiger partial charge in [0.15, 0.2) is 5.69 Å². The number of hydrogen-bond acceptors (Lipinski definition) is 5. The monoisotopic (exact) mass is 502 g/mol. The minimum absolute atomic E-state index is 0.0780. The molecule has 1 saturated carbocycles. The molecule has 0 aliphatic heterocycles. The van der Waals surface area contributed by atoms with Gasteiger partial charge in [-0.2, -0.15) is 18.3 Å². The van der Waals surface area contributed by atoms with Crippen molar-refractivity contribution in [2.24, 2.45) is 0 Å². The van der Waals surface area contributed by atoms with E-state index in [1.807, 2.05) is 26.8 Å². The van der Waals surface area contributed by atoms with E-state index in [1.54, 1.807) is 6.07 Å². The molecule has 0 bridgehead atoms. The molecule has 2 aromatic carbocycles. The van der Waals surface area contributed by atoms with E-state index in [9.17, 15) is 28.1 Å². The number of benzene rings is 2. The van der Waals surface area contributed by atoms with Gasteiger partial charge >= 0.3 is 6.18 Å². The predicted molar refractivity (Wildman–Crippen MR) is 126 cm³/mol. The Morgan fingerprint density at radius 3 is 2.47 bits per heavy atom. The van der Waals surface area contributed by atoms with Gasteiger partial charge in [0.25, 0.3) is 5.69 Å². The lowest BCUT2D eigenvalue weighted by Gasteiger charge is -2.17. The van der Waals surface area contributed by atoms with Crippen molar-refractivity contribution < 1.29 is 27.6 Å². The Hall–Kier alpha value is -3.89. The van der Waals surface area contributed by atoms with Crippen molar-refractivity contribution in [3.63, 3.8) is 0 Å². The van der Waals surface area contributed by atoms with Crippen molar-refractivity contribution in [3.8, 4) is 11.5 Å². The van der Waals surface area contributed by atoms with Crippen molar-refractivity contribution in [2.75, 3.05) is 5.32 Å². The Balaban J connectivity index is 1.62. The van der Waals surface area contributed by atoms with E-state index >= 15 is 0 Å². The third-order valence-electron chi connectivity index (χ3n) is 6.16. The molecular formula is C25H25F3N4O4. The zero-order valence-corrected chi connectivity index (χ0v) is 20.1. The highest BCUT2D eigenvalue weighted by molar-refractivity contribution is 5.94. The summed E-state index contributed by atoms with van der Waals surface area (Å²) in [6.07, 6.45) is -3.19. The number of aryl methyl sites for hydroxylation is 2. The minimum Gasteiger partial charge on any atom is -0.457 e. The van der Waals surface area contributed by atoms with E-state index in [1.165, 1.54) is 19.1 Å². The van der Waals surface area contributed by atoms with Crippen LogP contribution in [0, 0.1) is 30.9 Å². The molecule has 1 amide bonds. The molecule has 3 aromatic rings. The molecule has 1 atom stereocenters. The number of non-ortho nitro benzene ring substituents is 1. The Morgan fingerprint density at radius 1 is 1.17 bits per heavy atom. The van der Waals surface area contributed by atoms with Crippen molar-refractivity contribution in [1.82, 2.24) is 9.78 Å². The maximum Gasteiger partial charge on any atom is 0.435 e. The van der Waals surface area contributed by atoms with E-state index in [-0.39, 0.29) is 23.0 Å². The van der Waals surface area contributed by atoms with Crippen LogP contribution in [0.25, 0.3) is 0 Å². The van der Waals surface area contributed by atoms with E-state index in [0.717, 1.165) is 46.3 Å². The van der Waals surface area contributed by atoms with Gasteiger partial charge in [-0.15, -0.1) is 0 Å². The van der Waals surface area contributed by atoms with Gasteiger partial charge < -0.3 is 10.1 Å². The third-order valence-corrected chi connectivity index (χ3v) is 6.16. The number of ether oxygens (including phenoxy) is 1. The van der Waals surface area contributed by atoms with Crippen molar-refractivity contribution in [1.29, 1.82) is 0 Å². The summed E-state index contributed by atoms with van der Waals surface area (Å²) in [4.78, 5) is 23.9. The molecule has 0 radical (unpaired) electrons. The summed E-state index contributed by atoms with van der Waals surface area (Å²) >= 11 is 0. The normalized spacial score (nSPS) is 14.4. The van der Waals surface area contributed by atoms with E-state index < -0.39 is 28.7 Å². The molecule has 0 saturated heterocycles. The molecule has 36 heavy (non-hydrogen) atoms. The van der Waals surface area contributed by atoms with Crippen LogP contribution in [0.4, 0.5) is 24.5 Å². The number of rotatable bonds is 7. The standard InChI is InChI=1S/C25H25F3N4O4/c1-13-7-14(2)15(3)22(8-13)36-20-10-18(9-19(11-20)32(34)35)29-24(33)16(4)31-21(17-5-6-17)12-23(30-31)25(26,27)28/h7-12,16-17H,5-6H2,1-4H3,(H,29,33). The fourth-order valence-electron chi connectivity index (χ4n) is 3.95. The first-order valence-corrected chi connectivity index (χ1v) is 11.4. The minimum atomic E-state index is -4.64. The number of nitro benzene ring substituents is 1. The summed E-state index contributed by atoms with van der Waals surface area (Å²) in [5.41, 5.74) is 1.85. The largest absolute Gasteiger partial charge is 0.457 e. The number of anilines is 1. The fourth-order valence-corrected chi connectivity index (χ4v) is 3.95. The van der Waals surface area contributed by atoms with Crippen molar-refractivity contribution in [2.45, 2.75) is 58.7 Å². The summed E-state index contributed by atoms with van der Waals surface area (Å²) in [7, 11) is 0. The van der Waals surface area contributed by atoms with Gasteiger partial charge in [0.05, 0.1) is 16.7 Å². The lowest BCUT2D eigenvalue weighted by molar-refractivity contribution is -0.384. The summed E-state index contributed by atoms with van der Waals surface area (Å²) < 4.78 is 46.7. The Labute approximate surface area is 205 Å². The summed E-state index contributed by atoms with van der Waals surface area (Å²) in [5, 5.41) is 17.7. The van der Waals surface area contributed by atoms with Crippen LogP contribution in [-0.4, -0.2) is 20.6 Å². The number of hydrogen-bond donors (Lipinski definition) is 1. The van der Waals surface area contributed by atoms with E-state index in [4.69, 9.17) is 4.74 Å². The van der Waals surface area contributed by atoms with Crippen LogP contribution in [-0.2, 0) is 11.0 Å². The van der Waals surface area contributed by atoms with Gasteiger partial charge in [-0.25, -0.2) is 0 Å². The fraction of sp³-hybridized carbons (Fsp3) is 0.360. The topological polar surface area (TPSA) is 99.3 Å². The second-order valence-corrected chi connectivity index (χ2v) is 9.12. The number of aromatic nitrogens is 2. The Kier molecular flexibility index (Phi) is 6.50. The van der Waals surface area contributed by atoms with E-state index in [0.29, 0.717) is 11.4 Å². The number of nitrogens with zero attached hydrogens (tertiary/aromatic N) is 3. The summed E-state index contributed by atoms with van der Waals surface area (Å²) in [5.74, 6) is -0.0910. The van der Waals surface area contributed by atoms with Gasteiger partial charge in [-0.05, 0) is 69.4 Å². The highest BCUT2D eigenvalue weighted by Gasteiger charge is 2.39. The van der Waals surface area contributed by atoms with Crippen molar-refractivity contribution in [3.05, 3.63) is 74.6 Å². The molecule has 0 spiro atoms. The smallest absolute Gasteiger partial charge is 0.435 e. The number of carbonyl (C=O) groups is 1. The first kappa shape index (κ1) is 25.2. The summed E-state index contributed by atoms with van der Waals surface area (Å²) in [6, 6.07) is 7.52. The predicted octanol–water partition coefficient (Wildman–Crippen LogP) is 6.60. The molecule has 1 aliphatic rings. The maximum absolute atomic E-state index is 13.2. The molecule has 1 unspecified atom stereocenters. The number of carbonyl (C=O) groups excluding carboxylic acids is 1. The van der Waals surface area contributed by atoms with Gasteiger partial charge in [0.1, 0.15) is 17.5 Å². The highest BCUT2D eigenvalue weighted by atomic mass is 19.4. The molecule has 8 nitrogen and oxygen atoms in total. The first-order valence-electron chi connectivity index (χ1n) is 11.4. The van der Waals surface area contributed by atoms with Gasteiger partial charge in [0.2, 0.25) is 5.91 Å². The van der Waals surface area contributed by atoms with Crippen molar-refractivity contribution >= 4 is 17.3 Å². The number of alkyl halides is 3. The zero-order chi connectivity index (χ0) is 26.4. The SMILES string of the molecule is Cc1cc(C)c(C)c(Oc2cc(NC(=O)C(C)n3nc(C(F)(F)F)cc3C3CC3)cc([N+](=O)[O-])c2)c1. The van der Waals surface area contributed by atoms with Gasteiger partial charge in [-0.3, -0.25) is 19.6 Å². The molecule has 1 aromatic heterocycles. The van der Waals surface area contributed by atoms with Crippen LogP contribution in [0.3, 0.4) is 0 Å². The average molecular weight is 502 g/mol. The highest BCUT2D eigenvalue weighted by Crippen LogP contribution is 2.43. The van der Waals surface area contributed by atoms with Gasteiger partial charge in [-0.1, -0.05) is 6.07 Å². The Morgan fingerprint density at radius 2 is 1.86 bits per heavy atom. The molecule has 190 valence electrons. The zero-order valence-electron chi connectivity index (χ0n) is 20.1. The molecule has 1 aliphatic carbocycles. The molecule has 1 heterocycles. The number of halogens is 3. The lowest BCUT2D eigenvalue weighted by atomic mass is 10.1. The third kappa shape index (κ3) is 5.34. The average Bonchev–Trinajstić information content (AvgIpc) is 3.53. The van der Waals surface area contributed by atoms with Crippen LogP contribution >= 0.6 is 0 Å². The number of amides is 1. The maximum atomic E-state index is 13.2. The van der Waals surface area contributed by atoms with Crippen LogP contribution in [0.1, 0.15) is 59.8 Å². The van der Waals surface area contributed by atoms with Crippen LogP contribution in [0.2, 0.25) is 0 Å². The van der Waals surface area contributed by atoms with E-state index in [2.05, 4.69) is 10.4 Å². The quantitative estimate of drug-likeness (QED) is 0.290. The van der Waals surface area contributed by atoms with Gasteiger partial charge in [0, 0.05) is 23.7 Å². The molecule has 1 fully saturated rings. The van der Waals surface area contributed by atoms with Crippen LogP contribution < -0.4 is 10.1 Å². The number of nitrogens with one attached hydrogen (secondary N) is 1. The molecule has 1 N–H and O–H groups in total. The van der Waals surface area contributed by atoms with Crippen LogP contribution in [0.5, 0.6) is 11.5 Å². The molecule has 11 heteroatoms. The summed E-state index contributed by atoms with van der Waals surface area (Å²) in [6.45, 7) is 7.12. The number of nitro groups is 1. The lowest BCUT2D eigenvalue weighted by Crippen LogP contribution is -2.26. The molecule has 4 rings (SSSR count). The molecular weight excluding hydrogens is 477 g/mol. The second kappa shape index (κ2) is 9.29. The first-order chi connectivity index (χ1) is 16.8. The Bertz CT molecular complexity index is 1350.